The summed E-state index contributed by atoms with van der Waals surface area (Å²) in [5.41, 5.74) is 2.04. The van der Waals surface area contributed by atoms with Gasteiger partial charge in [0.05, 0.1) is 6.61 Å². The van der Waals surface area contributed by atoms with Gasteiger partial charge in [0.15, 0.2) is 0 Å². The van der Waals surface area contributed by atoms with Gasteiger partial charge < -0.3 is 10.0 Å². The Kier molecular flexibility index (Phi) is 3.12. The van der Waals surface area contributed by atoms with Crippen molar-refractivity contribution >= 4 is 21.6 Å². The number of halogens is 1. The summed E-state index contributed by atoms with van der Waals surface area (Å²) >= 11 is 3.39. The van der Waals surface area contributed by atoms with Crippen LogP contribution in [0.25, 0.3) is 0 Å². The molecule has 12 heavy (non-hydrogen) atoms. The number of hydrogen-bond acceptors (Lipinski definition) is 2. The normalized spacial score (nSPS) is 10.0. The molecular weight excluding hydrogens is 218 g/mol. The average Bonchev–Trinajstić information content (AvgIpc) is 2.04. The largest absolute Gasteiger partial charge is 0.392 e. The van der Waals surface area contributed by atoms with Crippen molar-refractivity contribution in [1.82, 2.24) is 0 Å². The molecule has 0 spiro atoms. The van der Waals surface area contributed by atoms with Crippen LogP contribution in [0, 0.1) is 0 Å². The molecule has 3 heteroatoms. The van der Waals surface area contributed by atoms with Crippen LogP contribution in [0.4, 0.5) is 5.69 Å². The van der Waals surface area contributed by atoms with Crippen molar-refractivity contribution in [3.63, 3.8) is 0 Å². The van der Waals surface area contributed by atoms with E-state index >= 15 is 0 Å². The molecule has 0 aromatic heterocycles. The van der Waals surface area contributed by atoms with Crippen LogP contribution < -0.4 is 4.90 Å². The molecule has 0 saturated heterocycles. The summed E-state index contributed by atoms with van der Waals surface area (Å²) in [6.07, 6.45) is 0. The summed E-state index contributed by atoms with van der Waals surface area (Å²) < 4.78 is 0.955. The Labute approximate surface area is 80.9 Å². The summed E-state index contributed by atoms with van der Waals surface area (Å²) in [5, 5.41) is 8.90. The SMILES string of the molecule is CN(C)c1ccc(CO)c(Br)c1. The third-order valence-corrected chi connectivity index (χ3v) is 2.46. The highest BCUT2D eigenvalue weighted by atomic mass is 79.9. The maximum Gasteiger partial charge on any atom is 0.0692 e. The Morgan fingerprint density at radius 1 is 1.42 bits per heavy atom. The van der Waals surface area contributed by atoms with E-state index in [9.17, 15) is 0 Å². The standard InChI is InChI=1S/C9H12BrNO/c1-11(2)8-4-3-7(6-12)9(10)5-8/h3-5,12H,6H2,1-2H3. The van der Waals surface area contributed by atoms with Gasteiger partial charge in [-0.05, 0) is 17.7 Å². The fraction of sp³-hybridized carbons (Fsp3) is 0.333. The van der Waals surface area contributed by atoms with E-state index in [4.69, 9.17) is 5.11 Å². The van der Waals surface area contributed by atoms with E-state index in [2.05, 4.69) is 15.9 Å². The van der Waals surface area contributed by atoms with Gasteiger partial charge >= 0.3 is 0 Å². The highest BCUT2D eigenvalue weighted by molar-refractivity contribution is 9.10. The quantitative estimate of drug-likeness (QED) is 0.839. The smallest absolute Gasteiger partial charge is 0.0692 e. The lowest BCUT2D eigenvalue weighted by atomic mass is 10.2. The maximum absolute atomic E-state index is 8.90. The number of anilines is 1. The van der Waals surface area contributed by atoms with E-state index in [-0.39, 0.29) is 6.61 Å². The monoisotopic (exact) mass is 229 g/mol. The van der Waals surface area contributed by atoms with E-state index in [1.54, 1.807) is 0 Å². The molecule has 1 aromatic carbocycles. The van der Waals surface area contributed by atoms with Gasteiger partial charge in [0.1, 0.15) is 0 Å². The fourth-order valence-corrected chi connectivity index (χ4v) is 1.43. The van der Waals surface area contributed by atoms with Gasteiger partial charge in [0, 0.05) is 24.3 Å². The minimum absolute atomic E-state index is 0.0777. The molecule has 1 rings (SSSR count). The van der Waals surface area contributed by atoms with Gasteiger partial charge in [-0.1, -0.05) is 22.0 Å². The van der Waals surface area contributed by atoms with E-state index in [1.165, 1.54) is 0 Å². The molecule has 1 N–H and O–H groups in total. The van der Waals surface area contributed by atoms with Gasteiger partial charge in [0.2, 0.25) is 0 Å². The zero-order chi connectivity index (χ0) is 9.14. The lowest BCUT2D eigenvalue weighted by molar-refractivity contribution is 0.281. The number of hydrogen-bond donors (Lipinski definition) is 1. The van der Waals surface area contributed by atoms with E-state index in [0.717, 1.165) is 15.7 Å². The summed E-state index contributed by atoms with van der Waals surface area (Å²) in [7, 11) is 3.97. The van der Waals surface area contributed by atoms with Crippen LogP contribution in [-0.2, 0) is 6.61 Å². The van der Waals surface area contributed by atoms with Crippen molar-refractivity contribution in [2.75, 3.05) is 19.0 Å². The van der Waals surface area contributed by atoms with Crippen LogP contribution in [-0.4, -0.2) is 19.2 Å². The first-order chi connectivity index (χ1) is 5.65. The van der Waals surface area contributed by atoms with Crippen molar-refractivity contribution in [1.29, 1.82) is 0 Å². The molecule has 0 fully saturated rings. The lowest BCUT2D eigenvalue weighted by Gasteiger charge is -2.13. The second-order valence-corrected chi connectivity index (χ2v) is 3.68. The van der Waals surface area contributed by atoms with Crippen LogP contribution in [0.2, 0.25) is 0 Å². The molecule has 0 heterocycles. The third-order valence-electron chi connectivity index (χ3n) is 1.72. The zero-order valence-corrected chi connectivity index (χ0v) is 8.80. The van der Waals surface area contributed by atoms with E-state index < -0.39 is 0 Å². The number of aliphatic hydroxyl groups is 1. The Bertz CT molecular complexity index is 273. The minimum Gasteiger partial charge on any atom is -0.392 e. The van der Waals surface area contributed by atoms with Gasteiger partial charge in [-0.15, -0.1) is 0 Å². The predicted octanol–water partition coefficient (Wildman–Crippen LogP) is 2.01. The topological polar surface area (TPSA) is 23.5 Å². The first kappa shape index (κ1) is 9.55. The fourth-order valence-electron chi connectivity index (χ4n) is 0.943. The van der Waals surface area contributed by atoms with E-state index in [1.807, 2.05) is 37.2 Å². The summed E-state index contributed by atoms with van der Waals surface area (Å²) in [6, 6.07) is 5.89. The van der Waals surface area contributed by atoms with Crippen molar-refractivity contribution in [3.05, 3.63) is 28.2 Å². The predicted molar refractivity (Wildman–Crippen MR) is 54.4 cm³/mol. The minimum atomic E-state index is 0.0777. The Hall–Kier alpha value is -0.540. The van der Waals surface area contributed by atoms with Crippen LogP contribution in [0.15, 0.2) is 22.7 Å². The van der Waals surface area contributed by atoms with Crippen LogP contribution in [0.5, 0.6) is 0 Å². The van der Waals surface area contributed by atoms with Gasteiger partial charge in [-0.25, -0.2) is 0 Å². The molecule has 0 bridgehead atoms. The van der Waals surface area contributed by atoms with Gasteiger partial charge in [-0.2, -0.15) is 0 Å². The summed E-state index contributed by atoms with van der Waals surface area (Å²) in [5.74, 6) is 0. The summed E-state index contributed by atoms with van der Waals surface area (Å²) in [4.78, 5) is 2.02. The molecule has 0 atom stereocenters. The van der Waals surface area contributed by atoms with Crippen LogP contribution >= 0.6 is 15.9 Å². The Morgan fingerprint density at radius 3 is 2.50 bits per heavy atom. The molecule has 66 valence electrons. The molecule has 0 aliphatic heterocycles. The van der Waals surface area contributed by atoms with Crippen LogP contribution in [0.3, 0.4) is 0 Å². The molecule has 0 radical (unpaired) electrons. The highest BCUT2D eigenvalue weighted by Gasteiger charge is 2.00. The zero-order valence-electron chi connectivity index (χ0n) is 7.21. The van der Waals surface area contributed by atoms with Gasteiger partial charge in [-0.3, -0.25) is 0 Å². The Morgan fingerprint density at radius 2 is 2.08 bits per heavy atom. The van der Waals surface area contributed by atoms with Crippen LogP contribution in [0.1, 0.15) is 5.56 Å². The number of benzene rings is 1. The number of rotatable bonds is 2. The second kappa shape index (κ2) is 3.92. The van der Waals surface area contributed by atoms with Crippen molar-refractivity contribution < 1.29 is 5.11 Å². The molecule has 0 unspecified atom stereocenters. The highest BCUT2D eigenvalue weighted by Crippen LogP contribution is 2.22. The molecule has 0 amide bonds. The van der Waals surface area contributed by atoms with Crippen molar-refractivity contribution in [2.24, 2.45) is 0 Å². The molecule has 0 saturated carbocycles. The first-order valence-corrected chi connectivity index (χ1v) is 4.51. The lowest BCUT2D eigenvalue weighted by Crippen LogP contribution is -2.08. The molecule has 2 nitrogen and oxygen atoms in total. The second-order valence-electron chi connectivity index (χ2n) is 2.83. The summed E-state index contributed by atoms with van der Waals surface area (Å²) in [6.45, 7) is 0.0777. The van der Waals surface area contributed by atoms with Crippen molar-refractivity contribution in [3.8, 4) is 0 Å². The molecule has 0 aliphatic rings. The molecule has 1 aromatic rings. The average molecular weight is 230 g/mol. The molecular formula is C9H12BrNO. The number of nitrogens with zero attached hydrogens (tertiary/aromatic N) is 1. The Balaban J connectivity index is 3.02. The first-order valence-electron chi connectivity index (χ1n) is 3.71. The third kappa shape index (κ3) is 1.99. The molecule has 0 aliphatic carbocycles. The van der Waals surface area contributed by atoms with Crippen molar-refractivity contribution in [2.45, 2.75) is 6.61 Å². The van der Waals surface area contributed by atoms with E-state index in [0.29, 0.717) is 0 Å². The number of aliphatic hydroxyl groups excluding tert-OH is 1. The van der Waals surface area contributed by atoms with Gasteiger partial charge in [0.25, 0.3) is 0 Å². The maximum atomic E-state index is 8.90.